The highest BCUT2D eigenvalue weighted by atomic mass is 16.8. The summed E-state index contributed by atoms with van der Waals surface area (Å²) in [5.74, 6) is -0.150. The first-order valence-electron chi connectivity index (χ1n) is 11.4. The lowest BCUT2D eigenvalue weighted by atomic mass is 10.00. The molecule has 0 amide bonds. The van der Waals surface area contributed by atoms with Crippen LogP contribution in [0.2, 0.25) is 0 Å². The number of hydrogen-bond acceptors (Lipinski definition) is 7. The van der Waals surface area contributed by atoms with Crippen molar-refractivity contribution in [2.45, 2.75) is 70.0 Å². The Morgan fingerprint density at radius 1 is 0.941 bits per heavy atom. The maximum atomic E-state index is 11.3. The van der Waals surface area contributed by atoms with Crippen LogP contribution in [0, 0.1) is 0 Å². The van der Waals surface area contributed by atoms with Gasteiger partial charge in [-0.3, -0.25) is 0 Å². The zero-order chi connectivity index (χ0) is 24.6. The third-order valence-corrected chi connectivity index (χ3v) is 5.66. The molecule has 1 heterocycles. The molecule has 1 unspecified atom stereocenters. The van der Waals surface area contributed by atoms with Crippen LogP contribution >= 0.6 is 0 Å². The Hall–Kier alpha value is -2.26. The van der Waals surface area contributed by atoms with Gasteiger partial charge in [0, 0.05) is 7.11 Å². The van der Waals surface area contributed by atoms with E-state index in [0.717, 1.165) is 16.9 Å². The summed E-state index contributed by atoms with van der Waals surface area (Å²) in [5, 5.41) is 11.3. The van der Waals surface area contributed by atoms with Crippen LogP contribution in [0.25, 0.3) is 0 Å². The third kappa shape index (κ3) is 7.12. The number of hydrogen-bond donors (Lipinski definition) is 1. The van der Waals surface area contributed by atoms with E-state index in [0.29, 0.717) is 19.6 Å². The third-order valence-electron chi connectivity index (χ3n) is 5.66. The zero-order valence-corrected chi connectivity index (χ0v) is 20.4. The SMILES string of the molecule is C=CC[C@@H](OCc1ccccc1)[C@@H](O)[C@@H]1OC(C)(C)O[C@@H]1C(OC)OCc1ccc(OC)cc1. The topological polar surface area (TPSA) is 75.6 Å². The molecule has 0 aliphatic carbocycles. The summed E-state index contributed by atoms with van der Waals surface area (Å²) in [6.07, 6.45) is -1.51. The summed E-state index contributed by atoms with van der Waals surface area (Å²) >= 11 is 0. The van der Waals surface area contributed by atoms with Crippen LogP contribution in [0.5, 0.6) is 5.75 Å². The van der Waals surface area contributed by atoms with Gasteiger partial charge in [0.1, 0.15) is 24.1 Å². The van der Waals surface area contributed by atoms with Crippen molar-refractivity contribution in [3.05, 3.63) is 78.4 Å². The van der Waals surface area contributed by atoms with Gasteiger partial charge in [-0.05, 0) is 43.5 Å². The summed E-state index contributed by atoms with van der Waals surface area (Å²) in [6, 6.07) is 17.4. The summed E-state index contributed by atoms with van der Waals surface area (Å²) in [6.45, 7) is 8.08. The smallest absolute Gasteiger partial charge is 0.186 e. The van der Waals surface area contributed by atoms with Gasteiger partial charge in [-0.1, -0.05) is 48.5 Å². The number of rotatable bonds is 13. The van der Waals surface area contributed by atoms with Crippen molar-refractivity contribution in [3.63, 3.8) is 0 Å². The Balaban J connectivity index is 1.70. The second kappa shape index (κ2) is 12.4. The van der Waals surface area contributed by atoms with Crippen LogP contribution in [-0.2, 0) is 36.9 Å². The van der Waals surface area contributed by atoms with Crippen LogP contribution in [-0.4, -0.2) is 55.8 Å². The fourth-order valence-electron chi connectivity index (χ4n) is 3.95. The predicted octanol–water partition coefficient (Wildman–Crippen LogP) is 4.23. The average molecular weight is 473 g/mol. The number of methoxy groups -OCH3 is 2. The minimum Gasteiger partial charge on any atom is -0.497 e. The molecule has 1 aliphatic rings. The zero-order valence-electron chi connectivity index (χ0n) is 20.4. The summed E-state index contributed by atoms with van der Waals surface area (Å²) in [7, 11) is 3.17. The number of aliphatic hydroxyl groups is 1. The van der Waals surface area contributed by atoms with Crippen LogP contribution in [0.3, 0.4) is 0 Å². The molecule has 7 nitrogen and oxygen atoms in total. The van der Waals surface area contributed by atoms with Gasteiger partial charge in [-0.15, -0.1) is 6.58 Å². The van der Waals surface area contributed by atoms with E-state index >= 15 is 0 Å². The molecule has 1 aliphatic heterocycles. The van der Waals surface area contributed by atoms with Crippen LogP contribution < -0.4 is 4.74 Å². The lowest BCUT2D eigenvalue weighted by Gasteiger charge is -2.31. The highest BCUT2D eigenvalue weighted by Gasteiger charge is 2.50. The first-order chi connectivity index (χ1) is 16.4. The molecule has 1 saturated heterocycles. The van der Waals surface area contributed by atoms with E-state index < -0.39 is 36.5 Å². The molecule has 2 aromatic rings. The van der Waals surface area contributed by atoms with Gasteiger partial charge >= 0.3 is 0 Å². The van der Waals surface area contributed by atoms with Crippen LogP contribution in [0.1, 0.15) is 31.4 Å². The number of benzene rings is 2. The van der Waals surface area contributed by atoms with Gasteiger partial charge in [-0.25, -0.2) is 0 Å². The lowest BCUT2D eigenvalue weighted by Crippen LogP contribution is -2.49. The Labute approximate surface area is 202 Å². The molecule has 3 rings (SSSR count). The molecule has 1 fully saturated rings. The van der Waals surface area contributed by atoms with Gasteiger partial charge in [0.2, 0.25) is 0 Å². The predicted molar refractivity (Wildman–Crippen MR) is 128 cm³/mol. The quantitative estimate of drug-likeness (QED) is 0.345. The van der Waals surface area contributed by atoms with E-state index in [4.69, 9.17) is 28.4 Å². The minimum absolute atomic E-state index is 0.298. The summed E-state index contributed by atoms with van der Waals surface area (Å²) in [5.41, 5.74) is 1.97. The number of ether oxygens (including phenoxy) is 6. The molecular weight excluding hydrogens is 436 g/mol. The summed E-state index contributed by atoms with van der Waals surface area (Å²) in [4.78, 5) is 0. The fraction of sp³-hybridized carbons (Fsp3) is 0.481. The second-order valence-corrected chi connectivity index (χ2v) is 8.68. The van der Waals surface area contributed by atoms with Gasteiger partial charge in [0.25, 0.3) is 0 Å². The maximum Gasteiger partial charge on any atom is 0.186 e. The maximum absolute atomic E-state index is 11.3. The Bertz CT molecular complexity index is 868. The van der Waals surface area contributed by atoms with Gasteiger partial charge in [0.05, 0.1) is 26.4 Å². The molecule has 0 spiro atoms. The van der Waals surface area contributed by atoms with Gasteiger partial charge < -0.3 is 33.5 Å². The molecular formula is C27H36O7. The molecule has 7 heteroatoms. The van der Waals surface area contributed by atoms with Crippen molar-refractivity contribution in [1.82, 2.24) is 0 Å². The largest absolute Gasteiger partial charge is 0.497 e. The van der Waals surface area contributed by atoms with E-state index in [2.05, 4.69) is 6.58 Å². The van der Waals surface area contributed by atoms with E-state index in [-0.39, 0.29) is 0 Å². The fourth-order valence-corrected chi connectivity index (χ4v) is 3.95. The van der Waals surface area contributed by atoms with Crippen molar-refractivity contribution < 1.29 is 33.5 Å². The monoisotopic (exact) mass is 472 g/mol. The molecule has 0 aromatic heterocycles. The minimum atomic E-state index is -0.990. The molecule has 34 heavy (non-hydrogen) atoms. The summed E-state index contributed by atoms with van der Waals surface area (Å²) < 4.78 is 35.2. The van der Waals surface area contributed by atoms with Crippen molar-refractivity contribution in [2.24, 2.45) is 0 Å². The Morgan fingerprint density at radius 2 is 1.56 bits per heavy atom. The van der Waals surface area contributed by atoms with Gasteiger partial charge in [-0.2, -0.15) is 0 Å². The van der Waals surface area contributed by atoms with Crippen molar-refractivity contribution in [1.29, 1.82) is 0 Å². The molecule has 0 radical (unpaired) electrons. The molecule has 0 saturated carbocycles. The number of aliphatic hydroxyl groups excluding tert-OH is 1. The molecule has 1 N–H and O–H groups in total. The van der Waals surface area contributed by atoms with Crippen molar-refractivity contribution in [2.75, 3.05) is 14.2 Å². The highest BCUT2D eigenvalue weighted by molar-refractivity contribution is 5.26. The Kier molecular flexibility index (Phi) is 9.64. The van der Waals surface area contributed by atoms with Crippen LogP contribution in [0.15, 0.2) is 67.3 Å². The molecule has 5 atom stereocenters. The first kappa shape index (κ1) is 26.3. The normalized spacial score (nSPS) is 22.1. The van der Waals surface area contributed by atoms with Gasteiger partial charge in [0.15, 0.2) is 12.1 Å². The van der Waals surface area contributed by atoms with Crippen molar-refractivity contribution >= 4 is 0 Å². The first-order valence-corrected chi connectivity index (χ1v) is 11.4. The molecule has 0 bridgehead atoms. The standard InChI is InChI=1S/C27H36O7/c1-6-10-22(31-17-19-11-8-7-9-12-19)23(28)24-25(34-27(2,3)33-24)26(30-5)32-18-20-13-15-21(29-4)16-14-20/h6-9,11-16,22-26,28H,1,10,17-18H2,2-5H3/t22-,23-,24+,25+,26?/m1/s1. The van der Waals surface area contributed by atoms with E-state index in [1.807, 2.05) is 54.6 Å². The Morgan fingerprint density at radius 3 is 2.18 bits per heavy atom. The highest BCUT2D eigenvalue weighted by Crippen LogP contribution is 2.35. The molecule has 2 aromatic carbocycles. The average Bonchev–Trinajstić information content (AvgIpc) is 3.18. The van der Waals surface area contributed by atoms with Crippen molar-refractivity contribution in [3.8, 4) is 5.75 Å². The van der Waals surface area contributed by atoms with E-state index in [1.165, 1.54) is 0 Å². The van der Waals surface area contributed by atoms with E-state index in [1.54, 1.807) is 34.1 Å². The second-order valence-electron chi connectivity index (χ2n) is 8.68. The lowest BCUT2D eigenvalue weighted by molar-refractivity contribution is -0.216. The van der Waals surface area contributed by atoms with Crippen LogP contribution in [0.4, 0.5) is 0 Å². The molecule has 186 valence electrons. The van der Waals surface area contributed by atoms with E-state index in [9.17, 15) is 5.11 Å².